The molecular formula is C17H20N4O2S. The summed E-state index contributed by atoms with van der Waals surface area (Å²) in [4.78, 5) is 20.1. The van der Waals surface area contributed by atoms with Crippen LogP contribution < -0.4 is 11.1 Å². The van der Waals surface area contributed by atoms with Crippen molar-refractivity contribution < 1.29 is 9.90 Å². The molecule has 0 unspecified atom stereocenters. The second kappa shape index (κ2) is 7.83. The van der Waals surface area contributed by atoms with Crippen LogP contribution in [0.4, 0.5) is 5.82 Å². The second-order valence-corrected chi connectivity index (χ2v) is 6.08. The molecule has 0 aliphatic heterocycles. The van der Waals surface area contributed by atoms with E-state index in [2.05, 4.69) is 15.3 Å². The van der Waals surface area contributed by atoms with E-state index in [4.69, 9.17) is 5.73 Å². The van der Waals surface area contributed by atoms with Crippen LogP contribution in [-0.2, 0) is 4.79 Å². The number of nitrogen functional groups attached to an aromatic ring is 1. The molecule has 0 bridgehead atoms. The highest BCUT2D eigenvalue weighted by Gasteiger charge is 2.17. The van der Waals surface area contributed by atoms with E-state index in [9.17, 15) is 9.90 Å². The Morgan fingerprint density at radius 2 is 2.08 bits per heavy atom. The first-order valence-electron chi connectivity index (χ1n) is 7.33. The van der Waals surface area contributed by atoms with E-state index >= 15 is 0 Å². The smallest absolute Gasteiger partial charge is 0.230 e. The molecule has 7 heteroatoms. The van der Waals surface area contributed by atoms with Gasteiger partial charge in [0.05, 0.1) is 5.75 Å². The van der Waals surface area contributed by atoms with Gasteiger partial charge in [0.2, 0.25) is 5.91 Å². The van der Waals surface area contributed by atoms with E-state index in [1.807, 2.05) is 19.1 Å². The van der Waals surface area contributed by atoms with Gasteiger partial charge in [0, 0.05) is 25.9 Å². The van der Waals surface area contributed by atoms with Crippen LogP contribution in [0, 0.1) is 6.92 Å². The molecule has 0 atom stereocenters. The lowest BCUT2D eigenvalue weighted by Crippen LogP contribution is -2.20. The van der Waals surface area contributed by atoms with Gasteiger partial charge in [-0.3, -0.25) is 9.79 Å². The number of phenols is 1. The average Bonchev–Trinajstić information content (AvgIpc) is 2.58. The SMILES string of the molecule is CN=Cc1c(SCC(=O)NC)nc(N)c(C)c1-c1ccc(O)cc1. The number of nitrogens with zero attached hydrogens (tertiary/aromatic N) is 2. The molecule has 4 N–H and O–H groups in total. The number of carbonyl (C=O) groups excluding carboxylic acids is 1. The molecule has 2 rings (SSSR count). The van der Waals surface area contributed by atoms with Gasteiger partial charge in [0.25, 0.3) is 0 Å². The van der Waals surface area contributed by atoms with Crippen LogP contribution in [0.5, 0.6) is 5.75 Å². The normalized spacial score (nSPS) is 11.0. The summed E-state index contributed by atoms with van der Waals surface area (Å²) in [6.45, 7) is 1.89. The summed E-state index contributed by atoms with van der Waals surface area (Å²) in [5, 5.41) is 12.7. The van der Waals surface area contributed by atoms with Gasteiger partial charge in [-0.25, -0.2) is 4.98 Å². The lowest BCUT2D eigenvalue weighted by Gasteiger charge is -2.16. The number of amides is 1. The number of aromatic hydroxyl groups is 1. The zero-order valence-corrected chi connectivity index (χ0v) is 14.6. The molecule has 126 valence electrons. The Hall–Kier alpha value is -2.54. The Kier molecular flexibility index (Phi) is 5.81. The molecule has 0 aliphatic rings. The van der Waals surface area contributed by atoms with E-state index in [1.54, 1.807) is 32.4 Å². The largest absolute Gasteiger partial charge is 0.508 e. The fraction of sp³-hybridized carbons (Fsp3) is 0.235. The van der Waals surface area contributed by atoms with Gasteiger partial charge in [0.1, 0.15) is 16.6 Å². The van der Waals surface area contributed by atoms with E-state index in [0.29, 0.717) is 10.8 Å². The summed E-state index contributed by atoms with van der Waals surface area (Å²) < 4.78 is 0. The molecule has 0 saturated heterocycles. The first-order chi connectivity index (χ1) is 11.5. The molecule has 0 spiro atoms. The number of hydrogen-bond acceptors (Lipinski definition) is 6. The quantitative estimate of drug-likeness (QED) is 0.570. The lowest BCUT2D eigenvalue weighted by molar-refractivity contribution is -0.118. The van der Waals surface area contributed by atoms with Gasteiger partial charge in [-0.15, -0.1) is 0 Å². The molecular weight excluding hydrogens is 324 g/mol. The van der Waals surface area contributed by atoms with Crippen molar-refractivity contribution in [1.82, 2.24) is 10.3 Å². The van der Waals surface area contributed by atoms with Gasteiger partial charge in [-0.2, -0.15) is 0 Å². The molecule has 0 aliphatic carbocycles. The number of pyridine rings is 1. The molecule has 0 saturated carbocycles. The van der Waals surface area contributed by atoms with E-state index in [1.165, 1.54) is 11.8 Å². The summed E-state index contributed by atoms with van der Waals surface area (Å²) in [5.41, 5.74) is 9.51. The van der Waals surface area contributed by atoms with Gasteiger partial charge >= 0.3 is 0 Å². The number of benzene rings is 1. The number of anilines is 1. The molecule has 0 radical (unpaired) electrons. The maximum atomic E-state index is 11.5. The maximum Gasteiger partial charge on any atom is 0.230 e. The molecule has 1 aromatic heterocycles. The van der Waals surface area contributed by atoms with Crippen molar-refractivity contribution in [3.8, 4) is 16.9 Å². The third kappa shape index (κ3) is 3.86. The van der Waals surface area contributed by atoms with Crippen LogP contribution in [0.1, 0.15) is 11.1 Å². The summed E-state index contributed by atoms with van der Waals surface area (Å²) in [7, 11) is 3.27. The zero-order valence-electron chi connectivity index (χ0n) is 13.8. The summed E-state index contributed by atoms with van der Waals surface area (Å²) in [5.74, 6) is 0.751. The topological polar surface area (TPSA) is 101 Å². The number of carbonyl (C=O) groups is 1. The number of nitrogens with one attached hydrogen (secondary N) is 1. The van der Waals surface area contributed by atoms with Crippen molar-refractivity contribution >= 4 is 29.7 Å². The minimum atomic E-state index is -0.0912. The highest BCUT2D eigenvalue weighted by atomic mass is 32.2. The van der Waals surface area contributed by atoms with Gasteiger partial charge < -0.3 is 16.2 Å². The molecule has 1 amide bonds. The van der Waals surface area contributed by atoms with Crippen LogP contribution in [0.2, 0.25) is 0 Å². The second-order valence-electron chi connectivity index (χ2n) is 5.11. The van der Waals surface area contributed by atoms with Crippen molar-refractivity contribution in [1.29, 1.82) is 0 Å². The van der Waals surface area contributed by atoms with Crippen molar-refractivity contribution in [2.75, 3.05) is 25.6 Å². The van der Waals surface area contributed by atoms with Crippen LogP contribution in [0.3, 0.4) is 0 Å². The Bertz CT molecular complexity index is 773. The monoisotopic (exact) mass is 344 g/mol. The van der Waals surface area contributed by atoms with Crippen LogP contribution >= 0.6 is 11.8 Å². The van der Waals surface area contributed by atoms with Crippen LogP contribution in [0.25, 0.3) is 11.1 Å². The van der Waals surface area contributed by atoms with Crippen molar-refractivity contribution in [3.63, 3.8) is 0 Å². The maximum absolute atomic E-state index is 11.5. The number of nitrogens with two attached hydrogens (primary N) is 1. The molecule has 6 nitrogen and oxygen atoms in total. The third-order valence-electron chi connectivity index (χ3n) is 3.51. The number of hydrogen-bond donors (Lipinski definition) is 3. The third-order valence-corrected chi connectivity index (χ3v) is 4.51. The van der Waals surface area contributed by atoms with Crippen molar-refractivity contribution in [3.05, 3.63) is 35.4 Å². The fourth-order valence-corrected chi connectivity index (χ4v) is 3.14. The van der Waals surface area contributed by atoms with Crippen LogP contribution in [0.15, 0.2) is 34.3 Å². The molecule has 2 aromatic rings. The fourth-order valence-electron chi connectivity index (χ4n) is 2.26. The zero-order chi connectivity index (χ0) is 17.7. The molecule has 1 heterocycles. The summed E-state index contributed by atoms with van der Waals surface area (Å²) >= 11 is 1.31. The Balaban J connectivity index is 2.60. The Labute approximate surface area is 145 Å². The number of thioether (sulfide) groups is 1. The summed E-state index contributed by atoms with van der Waals surface area (Å²) in [6, 6.07) is 6.87. The molecule has 0 fully saturated rings. The number of rotatable bonds is 5. The van der Waals surface area contributed by atoms with E-state index in [-0.39, 0.29) is 17.4 Å². The average molecular weight is 344 g/mol. The van der Waals surface area contributed by atoms with Gasteiger partial charge in [-0.1, -0.05) is 23.9 Å². The molecule has 24 heavy (non-hydrogen) atoms. The van der Waals surface area contributed by atoms with Crippen molar-refractivity contribution in [2.24, 2.45) is 4.99 Å². The van der Waals surface area contributed by atoms with E-state index < -0.39 is 0 Å². The first kappa shape index (κ1) is 17.8. The van der Waals surface area contributed by atoms with Crippen LogP contribution in [-0.4, -0.2) is 42.1 Å². The number of aliphatic imine (C=N–C) groups is 1. The van der Waals surface area contributed by atoms with Crippen molar-refractivity contribution in [2.45, 2.75) is 11.9 Å². The van der Waals surface area contributed by atoms with E-state index in [0.717, 1.165) is 22.3 Å². The van der Waals surface area contributed by atoms with Gasteiger partial charge in [-0.05, 0) is 35.7 Å². The standard InChI is InChI=1S/C17H20N4O2S/c1-10-15(11-4-6-12(22)7-5-11)13(8-19-2)17(21-16(10)18)24-9-14(23)20-3/h4-8,22H,9H2,1-3H3,(H2,18,21)(H,20,23). The molecule has 1 aromatic carbocycles. The Morgan fingerprint density at radius 3 is 2.67 bits per heavy atom. The summed E-state index contributed by atoms with van der Waals surface area (Å²) in [6.07, 6.45) is 1.72. The minimum Gasteiger partial charge on any atom is -0.508 e. The number of aromatic nitrogens is 1. The highest BCUT2D eigenvalue weighted by molar-refractivity contribution is 8.00. The Morgan fingerprint density at radius 1 is 1.42 bits per heavy atom. The predicted molar refractivity (Wildman–Crippen MR) is 98.8 cm³/mol. The first-order valence-corrected chi connectivity index (χ1v) is 8.31. The predicted octanol–water partition coefficient (Wildman–Crippen LogP) is 2.23. The highest BCUT2D eigenvalue weighted by Crippen LogP contribution is 2.35. The minimum absolute atomic E-state index is 0.0912. The lowest BCUT2D eigenvalue weighted by atomic mass is 9.97. The number of phenolic OH excluding ortho intramolecular Hbond substituents is 1. The van der Waals surface area contributed by atoms with Gasteiger partial charge in [0.15, 0.2) is 0 Å².